The van der Waals surface area contributed by atoms with E-state index in [1.807, 2.05) is 0 Å². The van der Waals surface area contributed by atoms with Crippen LogP contribution in [-0.2, 0) is 14.6 Å². The number of halogens is 3. The van der Waals surface area contributed by atoms with E-state index in [2.05, 4.69) is 10.6 Å². The molecule has 0 aliphatic heterocycles. The van der Waals surface area contributed by atoms with Gasteiger partial charge in [-0.05, 0) is 49.6 Å². The van der Waals surface area contributed by atoms with E-state index < -0.39 is 38.5 Å². The minimum Gasteiger partial charge on any atom is -0.396 e. The van der Waals surface area contributed by atoms with Crippen LogP contribution in [0.3, 0.4) is 0 Å². The van der Waals surface area contributed by atoms with Crippen molar-refractivity contribution >= 4 is 38.9 Å². The number of carbonyl (C=O) groups is 2. The predicted octanol–water partition coefficient (Wildman–Crippen LogP) is 2.92. The number of hydrogen-bond donors (Lipinski definition) is 3. The number of aliphatic hydroxyl groups is 1. The van der Waals surface area contributed by atoms with Gasteiger partial charge in [0.25, 0.3) is 5.91 Å². The normalized spacial score (nSPS) is 18.0. The fraction of sp³-hybridized carbons (Fsp3) is 0.333. The maximum absolute atomic E-state index is 13.4. The van der Waals surface area contributed by atoms with Crippen LogP contribution in [0, 0.1) is 17.6 Å². The fourth-order valence-corrected chi connectivity index (χ4v) is 5.69. The molecule has 2 amide bonds. The molecule has 1 aliphatic rings. The van der Waals surface area contributed by atoms with Gasteiger partial charge in [0.2, 0.25) is 5.91 Å². The van der Waals surface area contributed by atoms with Crippen LogP contribution < -0.4 is 10.6 Å². The zero-order valence-electron chi connectivity index (χ0n) is 16.8. The second-order valence-electron chi connectivity index (χ2n) is 7.43. The van der Waals surface area contributed by atoms with Crippen molar-refractivity contribution in [2.45, 2.75) is 29.4 Å². The Morgan fingerprint density at radius 2 is 1.81 bits per heavy atom. The van der Waals surface area contributed by atoms with Crippen molar-refractivity contribution < 1.29 is 31.9 Å². The summed E-state index contributed by atoms with van der Waals surface area (Å²) in [5, 5.41) is 12.9. The molecule has 172 valence electrons. The van der Waals surface area contributed by atoms with Gasteiger partial charge < -0.3 is 15.7 Å². The van der Waals surface area contributed by atoms with Crippen LogP contribution in [0.1, 0.15) is 29.6 Å². The molecule has 0 atom stereocenters. The van der Waals surface area contributed by atoms with Gasteiger partial charge in [-0.1, -0.05) is 11.6 Å². The van der Waals surface area contributed by atoms with Crippen molar-refractivity contribution in [2.24, 2.45) is 5.92 Å². The Hall–Kier alpha value is -2.56. The lowest BCUT2D eigenvalue weighted by Gasteiger charge is -2.34. The van der Waals surface area contributed by atoms with E-state index in [1.54, 1.807) is 0 Å². The highest BCUT2D eigenvalue weighted by Crippen LogP contribution is 2.38. The molecule has 0 aromatic heterocycles. The average Bonchev–Trinajstić information content (AvgIpc) is 2.69. The summed E-state index contributed by atoms with van der Waals surface area (Å²) in [7, 11) is -3.91. The zero-order chi connectivity index (χ0) is 23.5. The zero-order valence-corrected chi connectivity index (χ0v) is 18.3. The molecule has 1 aliphatic carbocycles. The Morgan fingerprint density at radius 3 is 2.47 bits per heavy atom. The molecule has 0 spiro atoms. The summed E-state index contributed by atoms with van der Waals surface area (Å²) in [6.45, 7) is 0.255. The number of carbonyl (C=O) groups excluding carboxylic acids is 2. The second kappa shape index (κ2) is 9.93. The van der Waals surface area contributed by atoms with E-state index in [0.717, 1.165) is 18.2 Å². The largest absolute Gasteiger partial charge is 0.396 e. The highest BCUT2D eigenvalue weighted by Gasteiger charge is 2.43. The summed E-state index contributed by atoms with van der Waals surface area (Å²) < 4.78 is 52.4. The van der Waals surface area contributed by atoms with Crippen molar-refractivity contribution in [2.75, 3.05) is 18.5 Å². The Balaban J connectivity index is 1.71. The first-order valence-electron chi connectivity index (χ1n) is 9.82. The predicted molar refractivity (Wildman–Crippen MR) is 114 cm³/mol. The quantitative estimate of drug-likeness (QED) is 0.497. The summed E-state index contributed by atoms with van der Waals surface area (Å²) >= 11 is 6.09. The number of aliphatic hydroxyl groups excluding tert-OH is 1. The van der Waals surface area contributed by atoms with Gasteiger partial charge in [0, 0.05) is 36.4 Å². The van der Waals surface area contributed by atoms with Gasteiger partial charge >= 0.3 is 0 Å². The summed E-state index contributed by atoms with van der Waals surface area (Å²) in [5.41, 5.74) is -0.0300. The molecule has 1 saturated carbocycles. The van der Waals surface area contributed by atoms with Crippen LogP contribution in [0.4, 0.5) is 14.5 Å². The molecule has 32 heavy (non-hydrogen) atoms. The molecule has 0 heterocycles. The molecule has 0 saturated heterocycles. The number of hydrogen-bond acceptors (Lipinski definition) is 5. The number of sulfone groups is 1. The van der Waals surface area contributed by atoms with Crippen molar-refractivity contribution in [3.63, 3.8) is 0 Å². The lowest BCUT2D eigenvalue weighted by Crippen LogP contribution is -2.44. The fourth-order valence-electron chi connectivity index (χ4n) is 3.29. The minimum absolute atomic E-state index is 0.00213. The van der Waals surface area contributed by atoms with Crippen LogP contribution >= 0.6 is 11.6 Å². The van der Waals surface area contributed by atoms with Crippen LogP contribution in [0.2, 0.25) is 5.02 Å². The lowest BCUT2D eigenvalue weighted by atomic mass is 9.84. The highest BCUT2D eigenvalue weighted by molar-refractivity contribution is 7.92. The van der Waals surface area contributed by atoms with E-state index in [0.29, 0.717) is 13.0 Å². The Morgan fingerprint density at radius 1 is 1.09 bits per heavy atom. The number of anilines is 1. The van der Waals surface area contributed by atoms with Crippen molar-refractivity contribution in [3.8, 4) is 0 Å². The van der Waals surface area contributed by atoms with E-state index >= 15 is 0 Å². The lowest BCUT2D eigenvalue weighted by molar-refractivity contribution is -0.127. The number of amides is 2. The molecule has 1 fully saturated rings. The molecule has 2 aromatic carbocycles. The third-order valence-electron chi connectivity index (χ3n) is 5.22. The molecule has 3 N–H and O–H groups in total. The van der Waals surface area contributed by atoms with Crippen LogP contribution in [0.15, 0.2) is 41.3 Å². The molecule has 11 heteroatoms. The van der Waals surface area contributed by atoms with E-state index in [4.69, 9.17) is 16.7 Å². The molecule has 2 aromatic rings. The van der Waals surface area contributed by atoms with Gasteiger partial charge in [-0.15, -0.1) is 0 Å². The van der Waals surface area contributed by atoms with Crippen molar-refractivity contribution in [3.05, 3.63) is 58.6 Å². The monoisotopic (exact) mass is 486 g/mol. The first-order valence-corrected chi connectivity index (χ1v) is 11.7. The van der Waals surface area contributed by atoms with Gasteiger partial charge in [0.1, 0.15) is 0 Å². The minimum atomic E-state index is -3.91. The number of benzene rings is 2. The van der Waals surface area contributed by atoms with Crippen molar-refractivity contribution in [1.29, 1.82) is 0 Å². The molecule has 7 nitrogen and oxygen atoms in total. The Kier molecular flexibility index (Phi) is 7.47. The van der Waals surface area contributed by atoms with E-state index in [9.17, 15) is 26.8 Å². The number of nitrogens with one attached hydrogen (secondary N) is 2. The van der Waals surface area contributed by atoms with Crippen LogP contribution in [-0.4, -0.2) is 43.7 Å². The smallest absolute Gasteiger partial charge is 0.255 e. The van der Waals surface area contributed by atoms with Gasteiger partial charge in [-0.25, -0.2) is 17.2 Å². The van der Waals surface area contributed by atoms with E-state index in [1.165, 1.54) is 18.2 Å². The molecular formula is C21H21ClF2N2O5S. The summed E-state index contributed by atoms with van der Waals surface area (Å²) in [4.78, 5) is 24.3. The average molecular weight is 487 g/mol. The van der Waals surface area contributed by atoms with Gasteiger partial charge in [0.15, 0.2) is 21.5 Å². The summed E-state index contributed by atoms with van der Waals surface area (Å²) in [6.07, 6.45) is 0.652. The third-order valence-corrected chi connectivity index (χ3v) is 7.87. The second-order valence-corrected chi connectivity index (χ2v) is 10.0. The molecule has 0 radical (unpaired) electrons. The van der Waals surface area contributed by atoms with Crippen LogP contribution in [0.5, 0.6) is 0 Å². The first kappa shape index (κ1) is 24.1. The molecule has 0 unspecified atom stereocenters. The molecule has 0 bridgehead atoms. The molecule has 3 rings (SSSR count). The number of rotatable bonds is 8. The standard InChI is InChI=1S/C21H21ClF2N2O5S/c22-16-4-2-12(21(29)26-14-3-5-17(23)18(24)11-14)10-19(16)32(30,31)15-8-13(9-15)20(28)25-6-1-7-27/h2-5,10-11,13,15,27H,1,6-9H2,(H,25,28)(H,26,29). The van der Waals surface area contributed by atoms with Crippen LogP contribution in [0.25, 0.3) is 0 Å². The maximum atomic E-state index is 13.4. The summed E-state index contributed by atoms with van der Waals surface area (Å²) in [6, 6.07) is 6.54. The SMILES string of the molecule is O=C(Nc1ccc(F)c(F)c1)c1ccc(Cl)c(S(=O)(=O)C2CC(C(=O)NCCCO)C2)c1. The van der Waals surface area contributed by atoms with Gasteiger partial charge in [-0.3, -0.25) is 9.59 Å². The van der Waals surface area contributed by atoms with Gasteiger partial charge in [-0.2, -0.15) is 0 Å². The molecular weight excluding hydrogens is 466 g/mol. The van der Waals surface area contributed by atoms with Gasteiger partial charge in [0.05, 0.1) is 15.2 Å². The van der Waals surface area contributed by atoms with E-state index in [-0.39, 0.29) is 46.5 Å². The highest BCUT2D eigenvalue weighted by atomic mass is 35.5. The van der Waals surface area contributed by atoms with Crippen molar-refractivity contribution in [1.82, 2.24) is 5.32 Å². The third kappa shape index (κ3) is 5.25. The Bertz CT molecular complexity index is 1140. The summed E-state index contributed by atoms with van der Waals surface area (Å²) in [5.74, 6) is -3.65. The first-order chi connectivity index (χ1) is 15.1. The maximum Gasteiger partial charge on any atom is 0.255 e. The Labute approximate surface area is 188 Å². The topological polar surface area (TPSA) is 113 Å².